The molecule has 5 heteroatoms. The average molecular weight is 304 g/mol. The third-order valence-electron chi connectivity index (χ3n) is 3.39. The standard InChI is InChI=1S/C17H24N2O3/c1-17(2,3)22-16(21)19-9-7-13(8-10-19)11-14-5-4-6-15(12-20)18-14/h4-7,20H,8-12H2,1-3H3. The van der Waals surface area contributed by atoms with Crippen LogP contribution in [0.2, 0.25) is 0 Å². The van der Waals surface area contributed by atoms with E-state index in [2.05, 4.69) is 11.1 Å². The number of hydrogen-bond acceptors (Lipinski definition) is 4. The minimum Gasteiger partial charge on any atom is -0.444 e. The van der Waals surface area contributed by atoms with Gasteiger partial charge in [0.25, 0.3) is 0 Å². The molecular weight excluding hydrogens is 280 g/mol. The quantitative estimate of drug-likeness (QED) is 0.872. The van der Waals surface area contributed by atoms with Gasteiger partial charge in [0.05, 0.1) is 12.3 Å². The molecule has 0 radical (unpaired) electrons. The van der Waals surface area contributed by atoms with Crippen LogP contribution in [0.1, 0.15) is 38.6 Å². The maximum Gasteiger partial charge on any atom is 0.410 e. The highest BCUT2D eigenvalue weighted by Crippen LogP contribution is 2.18. The fraction of sp³-hybridized carbons (Fsp3) is 0.529. The van der Waals surface area contributed by atoms with Gasteiger partial charge in [0, 0.05) is 25.2 Å². The summed E-state index contributed by atoms with van der Waals surface area (Å²) < 4.78 is 5.38. The van der Waals surface area contributed by atoms with Crippen molar-refractivity contribution >= 4 is 6.09 Å². The second-order valence-corrected chi connectivity index (χ2v) is 6.49. The Bertz CT molecular complexity index is 561. The van der Waals surface area contributed by atoms with Crippen LogP contribution in [-0.2, 0) is 17.8 Å². The molecule has 120 valence electrons. The van der Waals surface area contributed by atoms with Crippen LogP contribution in [0.25, 0.3) is 0 Å². The molecule has 0 saturated carbocycles. The lowest BCUT2D eigenvalue weighted by Gasteiger charge is -2.29. The maximum absolute atomic E-state index is 12.0. The summed E-state index contributed by atoms with van der Waals surface area (Å²) in [7, 11) is 0. The number of aromatic nitrogens is 1. The van der Waals surface area contributed by atoms with Gasteiger partial charge in [-0.3, -0.25) is 4.98 Å². The van der Waals surface area contributed by atoms with Gasteiger partial charge < -0.3 is 14.7 Å². The summed E-state index contributed by atoms with van der Waals surface area (Å²) in [5.74, 6) is 0. The van der Waals surface area contributed by atoms with Crippen molar-refractivity contribution in [3.05, 3.63) is 41.2 Å². The molecule has 0 spiro atoms. The average Bonchev–Trinajstić information content (AvgIpc) is 2.46. The molecule has 1 amide bonds. The van der Waals surface area contributed by atoms with Crippen LogP contribution in [0, 0.1) is 0 Å². The summed E-state index contributed by atoms with van der Waals surface area (Å²) in [6.45, 7) is 6.81. The Morgan fingerprint density at radius 3 is 2.68 bits per heavy atom. The first-order chi connectivity index (χ1) is 10.4. The van der Waals surface area contributed by atoms with Gasteiger partial charge in [-0.2, -0.15) is 0 Å². The van der Waals surface area contributed by atoms with E-state index in [1.807, 2.05) is 39.0 Å². The Labute approximate surface area is 131 Å². The molecule has 2 heterocycles. The van der Waals surface area contributed by atoms with E-state index in [1.165, 1.54) is 5.57 Å². The van der Waals surface area contributed by atoms with Crippen LogP contribution in [0.3, 0.4) is 0 Å². The molecule has 0 fully saturated rings. The van der Waals surface area contributed by atoms with Crippen molar-refractivity contribution in [2.75, 3.05) is 13.1 Å². The molecule has 0 bridgehead atoms. The minimum absolute atomic E-state index is 0.0424. The molecule has 1 aliphatic heterocycles. The largest absolute Gasteiger partial charge is 0.444 e. The van der Waals surface area contributed by atoms with Gasteiger partial charge in [0.15, 0.2) is 0 Å². The molecule has 5 nitrogen and oxygen atoms in total. The van der Waals surface area contributed by atoms with Crippen molar-refractivity contribution in [1.82, 2.24) is 9.88 Å². The monoisotopic (exact) mass is 304 g/mol. The Morgan fingerprint density at radius 2 is 2.09 bits per heavy atom. The molecule has 0 aromatic carbocycles. The van der Waals surface area contributed by atoms with Gasteiger partial charge in [-0.25, -0.2) is 4.79 Å². The zero-order valence-electron chi connectivity index (χ0n) is 13.5. The van der Waals surface area contributed by atoms with Crippen LogP contribution in [0.4, 0.5) is 4.79 Å². The normalized spacial score (nSPS) is 15.5. The third-order valence-corrected chi connectivity index (χ3v) is 3.39. The second kappa shape index (κ2) is 6.92. The van der Waals surface area contributed by atoms with E-state index < -0.39 is 5.60 Å². The second-order valence-electron chi connectivity index (χ2n) is 6.49. The molecule has 0 atom stereocenters. The maximum atomic E-state index is 12.0. The van der Waals surface area contributed by atoms with E-state index in [1.54, 1.807) is 4.90 Å². The van der Waals surface area contributed by atoms with Crippen LogP contribution < -0.4 is 0 Å². The number of carbonyl (C=O) groups excluding carboxylic acids is 1. The zero-order chi connectivity index (χ0) is 16.2. The van der Waals surface area contributed by atoms with Crippen LogP contribution >= 0.6 is 0 Å². The van der Waals surface area contributed by atoms with Crippen LogP contribution in [-0.4, -0.2) is 39.8 Å². The molecule has 1 aromatic heterocycles. The number of hydrogen-bond donors (Lipinski definition) is 1. The topological polar surface area (TPSA) is 62.7 Å². The fourth-order valence-electron chi connectivity index (χ4n) is 2.31. The summed E-state index contributed by atoms with van der Waals surface area (Å²) in [5.41, 5.74) is 2.44. The number of ether oxygens (including phenoxy) is 1. The third kappa shape index (κ3) is 4.84. The van der Waals surface area contributed by atoms with Gasteiger partial charge in [-0.15, -0.1) is 0 Å². The highest BCUT2D eigenvalue weighted by Gasteiger charge is 2.23. The van der Waals surface area contributed by atoms with Gasteiger partial charge >= 0.3 is 6.09 Å². The Balaban J connectivity index is 1.92. The molecule has 1 N–H and O–H groups in total. The lowest BCUT2D eigenvalue weighted by molar-refractivity contribution is 0.0265. The van der Waals surface area contributed by atoms with Crippen molar-refractivity contribution < 1.29 is 14.6 Å². The number of pyridine rings is 1. The molecule has 1 aromatic rings. The summed E-state index contributed by atoms with van der Waals surface area (Å²) in [6.07, 6.45) is 3.39. The van der Waals surface area contributed by atoms with Crippen LogP contribution in [0.15, 0.2) is 29.8 Å². The van der Waals surface area contributed by atoms with Crippen molar-refractivity contribution in [2.45, 2.75) is 45.8 Å². The molecular formula is C17H24N2O3. The van der Waals surface area contributed by atoms with Crippen molar-refractivity contribution in [3.8, 4) is 0 Å². The highest BCUT2D eigenvalue weighted by molar-refractivity contribution is 5.68. The Kier molecular flexibility index (Phi) is 5.19. The minimum atomic E-state index is -0.463. The van der Waals surface area contributed by atoms with Gasteiger partial charge in [-0.05, 0) is 39.3 Å². The predicted molar refractivity (Wildman–Crippen MR) is 84.4 cm³/mol. The SMILES string of the molecule is CC(C)(C)OC(=O)N1CC=C(Cc2cccc(CO)n2)CC1. The zero-order valence-corrected chi connectivity index (χ0v) is 13.5. The van der Waals surface area contributed by atoms with E-state index in [9.17, 15) is 4.79 Å². The van der Waals surface area contributed by atoms with E-state index in [4.69, 9.17) is 9.84 Å². The Hall–Kier alpha value is -1.88. The lowest BCUT2D eigenvalue weighted by atomic mass is 10.0. The van der Waals surface area contributed by atoms with E-state index in [0.717, 1.165) is 18.5 Å². The fourth-order valence-corrected chi connectivity index (χ4v) is 2.31. The number of rotatable bonds is 3. The first-order valence-corrected chi connectivity index (χ1v) is 7.59. The first kappa shape index (κ1) is 16.5. The number of aliphatic hydroxyl groups is 1. The van der Waals surface area contributed by atoms with Crippen LogP contribution in [0.5, 0.6) is 0 Å². The summed E-state index contributed by atoms with van der Waals surface area (Å²) in [4.78, 5) is 18.1. The van der Waals surface area contributed by atoms with Gasteiger partial charge in [0.2, 0.25) is 0 Å². The van der Waals surface area contributed by atoms with Crippen molar-refractivity contribution in [2.24, 2.45) is 0 Å². The van der Waals surface area contributed by atoms with E-state index in [0.29, 0.717) is 18.8 Å². The number of nitrogens with zero attached hydrogens (tertiary/aromatic N) is 2. The summed E-state index contributed by atoms with van der Waals surface area (Å²) >= 11 is 0. The van der Waals surface area contributed by atoms with Crippen molar-refractivity contribution in [1.29, 1.82) is 0 Å². The van der Waals surface area contributed by atoms with Gasteiger partial charge in [-0.1, -0.05) is 17.7 Å². The van der Waals surface area contributed by atoms with Crippen molar-refractivity contribution in [3.63, 3.8) is 0 Å². The molecule has 22 heavy (non-hydrogen) atoms. The molecule has 1 aliphatic rings. The van der Waals surface area contributed by atoms with Gasteiger partial charge in [0.1, 0.15) is 5.60 Å². The Morgan fingerprint density at radius 1 is 1.36 bits per heavy atom. The number of amides is 1. The van der Waals surface area contributed by atoms with E-state index in [-0.39, 0.29) is 12.7 Å². The summed E-state index contributed by atoms with van der Waals surface area (Å²) in [5, 5.41) is 9.12. The number of aliphatic hydroxyl groups excluding tert-OH is 1. The molecule has 0 aliphatic carbocycles. The number of carbonyl (C=O) groups is 1. The molecule has 2 rings (SSSR count). The summed E-state index contributed by atoms with van der Waals surface area (Å²) in [6, 6.07) is 5.67. The lowest BCUT2D eigenvalue weighted by Crippen LogP contribution is -2.39. The first-order valence-electron chi connectivity index (χ1n) is 7.59. The van der Waals surface area contributed by atoms with E-state index >= 15 is 0 Å². The smallest absolute Gasteiger partial charge is 0.410 e. The highest BCUT2D eigenvalue weighted by atomic mass is 16.6. The molecule has 0 saturated heterocycles. The predicted octanol–water partition coefficient (Wildman–Crippen LogP) is 2.68. The molecule has 0 unspecified atom stereocenters.